The van der Waals surface area contributed by atoms with Gasteiger partial charge in [0.05, 0.1) is 28.3 Å². The van der Waals surface area contributed by atoms with E-state index in [0.29, 0.717) is 27.1 Å². The first-order chi connectivity index (χ1) is 17.7. The van der Waals surface area contributed by atoms with Gasteiger partial charge in [-0.2, -0.15) is 0 Å². The van der Waals surface area contributed by atoms with Gasteiger partial charge in [-0.3, -0.25) is 9.69 Å². The smallest absolute Gasteiger partial charge is 0.335 e. The molecule has 1 N–H and O–H groups in total. The Morgan fingerprint density at radius 2 is 1.92 bits per heavy atom. The fourth-order valence-electron chi connectivity index (χ4n) is 4.39. The fourth-order valence-corrected chi connectivity index (χ4v) is 5.05. The fraction of sp³-hybridized carbons (Fsp3) is 0.231. The summed E-state index contributed by atoms with van der Waals surface area (Å²) in [5, 5.41) is 3.05. The zero-order valence-corrected chi connectivity index (χ0v) is 22.9. The van der Waals surface area contributed by atoms with E-state index in [1.165, 1.54) is 36.1 Å². The first-order valence-corrected chi connectivity index (χ1v) is 13.5. The number of halogens is 2. The van der Waals surface area contributed by atoms with Crippen molar-refractivity contribution < 1.29 is 14.0 Å². The lowest BCUT2D eigenvalue weighted by molar-refractivity contribution is 0.158. The molecule has 3 aromatic rings. The van der Waals surface area contributed by atoms with E-state index in [1.54, 1.807) is 23.1 Å². The molecule has 2 aliphatic rings. The molecule has 1 aliphatic heterocycles. The van der Waals surface area contributed by atoms with E-state index in [9.17, 15) is 14.0 Å². The third-order valence-electron chi connectivity index (χ3n) is 6.36. The van der Waals surface area contributed by atoms with Gasteiger partial charge < -0.3 is 14.5 Å². The summed E-state index contributed by atoms with van der Waals surface area (Å²) < 4.78 is 18.4. The Labute approximate surface area is 226 Å². The van der Waals surface area contributed by atoms with E-state index >= 15 is 0 Å². The second-order valence-corrected chi connectivity index (χ2v) is 10.5. The Balaban J connectivity index is 1.76. The summed E-state index contributed by atoms with van der Waals surface area (Å²) in [5.74, 6) is -0.300. The van der Waals surface area contributed by atoms with Crippen LogP contribution in [0, 0.1) is 5.82 Å². The number of amides is 2. The minimum Gasteiger partial charge on any atom is -0.412 e. The molecular formula is C26H25BrFN5O3S. The molecule has 1 saturated carbocycles. The zero-order chi connectivity index (χ0) is 26.4. The largest absolute Gasteiger partial charge is 0.412 e. The maximum absolute atomic E-state index is 14.8. The molecular weight excluding hydrogens is 561 g/mol. The van der Waals surface area contributed by atoms with Crippen molar-refractivity contribution in [2.75, 3.05) is 34.9 Å². The molecule has 1 fully saturated rings. The van der Waals surface area contributed by atoms with Crippen LogP contribution in [0.25, 0.3) is 5.70 Å². The molecule has 0 atom stereocenters. The minimum absolute atomic E-state index is 0.00658. The summed E-state index contributed by atoms with van der Waals surface area (Å²) in [7, 11) is 3.29. The molecule has 8 nitrogen and oxygen atoms in total. The summed E-state index contributed by atoms with van der Waals surface area (Å²) in [5.41, 5.74) is 2.29. The van der Waals surface area contributed by atoms with E-state index in [-0.39, 0.29) is 23.6 Å². The highest BCUT2D eigenvalue weighted by Gasteiger charge is 2.45. The van der Waals surface area contributed by atoms with Gasteiger partial charge in [-0.15, -0.1) is 4.73 Å². The van der Waals surface area contributed by atoms with E-state index in [0.717, 1.165) is 23.3 Å². The third-order valence-corrected chi connectivity index (χ3v) is 7.61. The van der Waals surface area contributed by atoms with Crippen LogP contribution in [-0.4, -0.2) is 42.1 Å². The summed E-state index contributed by atoms with van der Waals surface area (Å²) in [4.78, 5) is 35.8. The molecule has 0 saturated heterocycles. The Hall–Kier alpha value is -3.44. The topological polar surface area (TPSA) is 70.0 Å². The van der Waals surface area contributed by atoms with Crippen LogP contribution in [0.3, 0.4) is 0 Å². The number of fused-ring (bicyclic) bond motifs is 1. The third kappa shape index (κ3) is 4.46. The predicted octanol–water partition coefficient (Wildman–Crippen LogP) is 5.97. The predicted molar refractivity (Wildman–Crippen MR) is 150 cm³/mol. The van der Waals surface area contributed by atoms with Crippen molar-refractivity contribution in [3.8, 4) is 0 Å². The number of aromatic nitrogens is 1. The number of benzene rings is 2. The highest BCUT2D eigenvalue weighted by atomic mass is 79.9. The second kappa shape index (κ2) is 9.79. The molecule has 1 aliphatic carbocycles. The number of nitrogens with one attached hydrogen (secondary N) is 1. The van der Waals surface area contributed by atoms with Gasteiger partial charge in [0.2, 0.25) is 0 Å². The van der Waals surface area contributed by atoms with E-state index < -0.39 is 11.4 Å². The lowest BCUT2D eigenvalue weighted by atomic mass is 10.1. The highest BCUT2D eigenvalue weighted by molar-refractivity contribution is 9.10. The van der Waals surface area contributed by atoms with Gasteiger partial charge >= 0.3 is 6.03 Å². The average Bonchev–Trinajstić information content (AvgIpc) is 3.70. The van der Waals surface area contributed by atoms with Gasteiger partial charge in [-0.1, -0.05) is 40.5 Å². The zero-order valence-electron chi connectivity index (χ0n) is 20.5. The lowest BCUT2D eigenvalue weighted by Crippen LogP contribution is -2.48. The van der Waals surface area contributed by atoms with Gasteiger partial charge in [-0.05, 0) is 49.2 Å². The molecule has 5 rings (SSSR count). The van der Waals surface area contributed by atoms with Gasteiger partial charge in [0.1, 0.15) is 12.9 Å². The number of hydrogen-bond acceptors (Lipinski definition) is 6. The van der Waals surface area contributed by atoms with Crippen LogP contribution in [0.4, 0.5) is 37.8 Å². The molecule has 11 heteroatoms. The van der Waals surface area contributed by atoms with Gasteiger partial charge in [-0.25, -0.2) is 14.1 Å². The number of carbonyl (C=O) groups excluding carboxylic acids is 1. The van der Waals surface area contributed by atoms with Crippen LogP contribution in [0.5, 0.6) is 0 Å². The van der Waals surface area contributed by atoms with Crippen LogP contribution in [0.1, 0.15) is 18.4 Å². The molecule has 2 amide bonds. The molecule has 0 spiro atoms. The molecule has 0 bridgehead atoms. The maximum atomic E-state index is 14.8. The van der Waals surface area contributed by atoms with Crippen molar-refractivity contribution in [2.24, 2.45) is 0 Å². The van der Waals surface area contributed by atoms with Crippen LogP contribution in [0.2, 0.25) is 0 Å². The summed E-state index contributed by atoms with van der Waals surface area (Å²) in [6.45, 7) is 4.23. The van der Waals surface area contributed by atoms with Gasteiger partial charge in [0.25, 0.3) is 5.56 Å². The Morgan fingerprint density at radius 1 is 1.16 bits per heavy atom. The number of rotatable bonds is 7. The van der Waals surface area contributed by atoms with Crippen molar-refractivity contribution in [3.63, 3.8) is 0 Å². The molecule has 1 aromatic heterocycles. The number of hydrogen-bond donors (Lipinski definition) is 1. The van der Waals surface area contributed by atoms with E-state index in [1.807, 2.05) is 35.8 Å². The monoisotopic (exact) mass is 585 g/mol. The molecule has 2 heterocycles. The highest BCUT2D eigenvalue weighted by Crippen LogP contribution is 2.47. The van der Waals surface area contributed by atoms with Crippen molar-refractivity contribution in [1.82, 2.24) is 9.63 Å². The standard InChI is InChI=1S/C26H25BrFN5O3S/c1-15-24-22(29-21-11-8-16(27)12-20(21)28)14-23(34)33(36-3)25(24)32(26(35)31(15)17-9-10-17)19-7-5-6-18(13-19)30(2)37-4/h5-8,11-14,17,29H,1,9-10H2,2-4H3. The van der Waals surface area contributed by atoms with Crippen LogP contribution >= 0.6 is 27.9 Å². The maximum Gasteiger partial charge on any atom is 0.335 e. The molecule has 0 unspecified atom stereocenters. The van der Waals surface area contributed by atoms with E-state index in [2.05, 4.69) is 27.8 Å². The van der Waals surface area contributed by atoms with Crippen molar-refractivity contribution in [3.05, 3.63) is 81.3 Å². The summed E-state index contributed by atoms with van der Waals surface area (Å²) >= 11 is 4.79. The molecule has 192 valence electrons. The van der Waals surface area contributed by atoms with Crippen LogP contribution < -0.4 is 24.9 Å². The number of pyridine rings is 1. The van der Waals surface area contributed by atoms with Crippen LogP contribution in [-0.2, 0) is 0 Å². The number of anilines is 5. The molecule has 2 aromatic carbocycles. The van der Waals surface area contributed by atoms with Crippen molar-refractivity contribution >= 4 is 68.2 Å². The summed E-state index contributed by atoms with van der Waals surface area (Å²) in [6.07, 6.45) is 3.64. The quantitative estimate of drug-likeness (QED) is 0.344. The molecule has 37 heavy (non-hydrogen) atoms. The Bertz CT molecular complexity index is 1480. The molecule has 0 radical (unpaired) electrons. The summed E-state index contributed by atoms with van der Waals surface area (Å²) in [6, 6.07) is 13.0. The Morgan fingerprint density at radius 3 is 2.57 bits per heavy atom. The number of nitrogens with zero attached hydrogens (tertiary/aromatic N) is 4. The number of carbonyl (C=O) groups is 1. The average molecular weight is 586 g/mol. The SMILES string of the molecule is C=C1c2c(Nc3ccc(Br)cc3F)cc(=O)n(OC)c2N(c2cccc(N(C)SC)c2)C(=O)N1C1CC1. The number of urea groups is 1. The van der Waals surface area contributed by atoms with Crippen molar-refractivity contribution in [1.29, 1.82) is 0 Å². The van der Waals surface area contributed by atoms with Crippen LogP contribution in [0.15, 0.2) is 64.4 Å². The lowest BCUT2D eigenvalue weighted by Gasteiger charge is -2.40. The first-order valence-electron chi connectivity index (χ1n) is 11.5. The Kier molecular flexibility index (Phi) is 6.67. The van der Waals surface area contributed by atoms with Crippen molar-refractivity contribution in [2.45, 2.75) is 18.9 Å². The van der Waals surface area contributed by atoms with E-state index in [4.69, 9.17) is 4.84 Å². The first kappa shape index (κ1) is 25.2. The van der Waals surface area contributed by atoms with Gasteiger partial charge in [0.15, 0.2) is 5.82 Å². The minimum atomic E-state index is -0.524. The second-order valence-electron chi connectivity index (χ2n) is 8.69. The normalized spacial score (nSPS) is 15.1. The van der Waals surface area contributed by atoms with Gasteiger partial charge in [0, 0.05) is 35.6 Å².